The highest BCUT2D eigenvalue weighted by molar-refractivity contribution is 6.05. The average molecular weight is 355 g/mol. The van der Waals surface area contributed by atoms with Crippen LogP contribution in [0, 0.1) is 0 Å². The minimum atomic E-state index is -4.86. The Labute approximate surface area is 142 Å². The van der Waals surface area contributed by atoms with Crippen molar-refractivity contribution in [2.45, 2.75) is 13.3 Å². The monoisotopic (exact) mass is 355 g/mol. The van der Waals surface area contributed by atoms with Crippen LogP contribution in [0.15, 0.2) is 42.5 Å². The Bertz CT molecular complexity index is 747. The summed E-state index contributed by atoms with van der Waals surface area (Å²) in [5, 5.41) is 2.39. The van der Waals surface area contributed by atoms with Crippen LogP contribution in [0.2, 0.25) is 0 Å². The second-order valence-electron chi connectivity index (χ2n) is 4.80. The van der Waals surface area contributed by atoms with Gasteiger partial charge in [-0.25, -0.2) is 0 Å². The lowest BCUT2D eigenvalue weighted by Gasteiger charge is -2.14. The maximum Gasteiger partial charge on any atom is 0.573 e. The highest BCUT2D eigenvalue weighted by Gasteiger charge is 2.32. The van der Waals surface area contributed by atoms with E-state index in [2.05, 4.69) is 10.1 Å². The van der Waals surface area contributed by atoms with Crippen LogP contribution in [0.1, 0.15) is 17.3 Å². The van der Waals surface area contributed by atoms with Crippen molar-refractivity contribution in [1.29, 1.82) is 0 Å². The van der Waals surface area contributed by atoms with Crippen LogP contribution < -0.4 is 19.5 Å². The predicted molar refractivity (Wildman–Crippen MR) is 85.2 cm³/mol. The molecule has 2 rings (SSSR count). The normalized spacial score (nSPS) is 10.9. The van der Waals surface area contributed by atoms with Crippen molar-refractivity contribution in [3.8, 4) is 17.2 Å². The van der Waals surface area contributed by atoms with Gasteiger partial charge >= 0.3 is 6.36 Å². The minimum absolute atomic E-state index is 0.0994. The number of methoxy groups -OCH3 is 1. The molecule has 1 N–H and O–H groups in total. The molecule has 2 aromatic rings. The molecule has 0 saturated heterocycles. The van der Waals surface area contributed by atoms with E-state index in [0.29, 0.717) is 18.1 Å². The number of rotatable bonds is 6. The molecule has 0 aliphatic rings. The number of carbonyl (C=O) groups is 1. The molecular formula is C17H16F3NO4. The maximum absolute atomic E-state index is 12.4. The molecular weight excluding hydrogens is 339 g/mol. The van der Waals surface area contributed by atoms with E-state index in [-0.39, 0.29) is 11.3 Å². The Morgan fingerprint density at radius 2 is 1.80 bits per heavy atom. The second kappa shape index (κ2) is 7.78. The van der Waals surface area contributed by atoms with Gasteiger partial charge in [-0.05, 0) is 37.3 Å². The zero-order valence-corrected chi connectivity index (χ0v) is 13.5. The molecule has 0 spiro atoms. The van der Waals surface area contributed by atoms with Crippen LogP contribution in [0.5, 0.6) is 17.2 Å². The van der Waals surface area contributed by atoms with E-state index in [1.54, 1.807) is 13.0 Å². The lowest BCUT2D eigenvalue weighted by atomic mass is 10.1. The third kappa shape index (κ3) is 5.03. The highest BCUT2D eigenvalue weighted by atomic mass is 19.4. The van der Waals surface area contributed by atoms with Gasteiger partial charge in [0.15, 0.2) is 17.2 Å². The summed E-state index contributed by atoms with van der Waals surface area (Å²) in [6.07, 6.45) is -4.86. The van der Waals surface area contributed by atoms with Crippen molar-refractivity contribution >= 4 is 11.6 Å². The van der Waals surface area contributed by atoms with Gasteiger partial charge in [-0.2, -0.15) is 0 Å². The molecule has 0 unspecified atom stereocenters. The van der Waals surface area contributed by atoms with Gasteiger partial charge in [0, 0.05) is 5.56 Å². The van der Waals surface area contributed by atoms with Gasteiger partial charge in [-0.3, -0.25) is 4.79 Å². The minimum Gasteiger partial charge on any atom is -0.493 e. The average Bonchev–Trinajstić information content (AvgIpc) is 2.56. The topological polar surface area (TPSA) is 56.8 Å². The molecule has 0 aromatic heterocycles. The number of benzene rings is 2. The number of carbonyl (C=O) groups excluding carboxylic acids is 1. The zero-order valence-electron chi connectivity index (χ0n) is 13.5. The molecule has 25 heavy (non-hydrogen) atoms. The standard InChI is InChI=1S/C17H16F3NO4/c1-3-24-14-9-8-11(10-15(14)23-2)16(22)21-12-6-4-5-7-13(12)25-17(18,19)20/h4-10H,3H2,1-2H3,(H,21,22). The van der Waals surface area contributed by atoms with Gasteiger partial charge in [-0.1, -0.05) is 12.1 Å². The number of hydrogen-bond donors (Lipinski definition) is 1. The Morgan fingerprint density at radius 3 is 2.44 bits per heavy atom. The van der Waals surface area contributed by atoms with E-state index in [1.165, 1.54) is 37.4 Å². The largest absolute Gasteiger partial charge is 0.573 e. The highest BCUT2D eigenvalue weighted by Crippen LogP contribution is 2.31. The molecule has 0 saturated carbocycles. The number of nitrogens with one attached hydrogen (secondary N) is 1. The Kier molecular flexibility index (Phi) is 5.74. The molecule has 0 aliphatic carbocycles. The lowest BCUT2D eigenvalue weighted by Crippen LogP contribution is -2.19. The van der Waals surface area contributed by atoms with E-state index in [1.807, 2.05) is 0 Å². The summed E-state index contributed by atoms with van der Waals surface area (Å²) in [6.45, 7) is 2.22. The SMILES string of the molecule is CCOc1ccc(C(=O)Nc2ccccc2OC(F)(F)F)cc1OC. The van der Waals surface area contributed by atoms with Crippen molar-refractivity contribution in [2.75, 3.05) is 19.0 Å². The van der Waals surface area contributed by atoms with Gasteiger partial charge in [0.2, 0.25) is 0 Å². The first-order valence-electron chi connectivity index (χ1n) is 7.31. The summed E-state index contributed by atoms with van der Waals surface area (Å²) in [6, 6.07) is 9.75. The van der Waals surface area contributed by atoms with Crippen LogP contribution in [-0.4, -0.2) is 26.0 Å². The predicted octanol–water partition coefficient (Wildman–Crippen LogP) is 4.24. The number of ether oxygens (including phenoxy) is 3. The fourth-order valence-corrected chi connectivity index (χ4v) is 2.06. The first-order valence-corrected chi connectivity index (χ1v) is 7.31. The quantitative estimate of drug-likeness (QED) is 0.842. The smallest absolute Gasteiger partial charge is 0.493 e. The van der Waals surface area contributed by atoms with Crippen LogP contribution in [0.4, 0.5) is 18.9 Å². The van der Waals surface area contributed by atoms with E-state index in [9.17, 15) is 18.0 Å². The van der Waals surface area contributed by atoms with Crippen LogP contribution in [0.25, 0.3) is 0 Å². The van der Waals surface area contributed by atoms with E-state index in [4.69, 9.17) is 9.47 Å². The van der Waals surface area contributed by atoms with Gasteiger partial charge in [0.1, 0.15) is 0 Å². The molecule has 0 radical (unpaired) electrons. The first kappa shape index (κ1) is 18.4. The molecule has 0 aliphatic heterocycles. The molecule has 1 amide bonds. The molecule has 0 fully saturated rings. The Balaban J connectivity index is 2.23. The van der Waals surface area contributed by atoms with Gasteiger partial charge in [-0.15, -0.1) is 13.2 Å². The van der Waals surface area contributed by atoms with Gasteiger partial charge in [0.25, 0.3) is 5.91 Å². The second-order valence-corrected chi connectivity index (χ2v) is 4.80. The fourth-order valence-electron chi connectivity index (χ4n) is 2.06. The summed E-state index contributed by atoms with van der Waals surface area (Å²) in [5.74, 6) is -0.308. The number of anilines is 1. The third-order valence-electron chi connectivity index (χ3n) is 3.09. The molecule has 2 aromatic carbocycles. The Morgan fingerprint density at radius 1 is 1.08 bits per heavy atom. The van der Waals surface area contributed by atoms with Crippen LogP contribution in [0.3, 0.4) is 0 Å². The maximum atomic E-state index is 12.4. The van der Waals surface area contributed by atoms with Crippen molar-refractivity contribution < 1.29 is 32.2 Å². The zero-order chi connectivity index (χ0) is 18.4. The molecule has 0 bridgehead atoms. The van der Waals surface area contributed by atoms with Crippen molar-refractivity contribution in [3.63, 3.8) is 0 Å². The summed E-state index contributed by atoms with van der Waals surface area (Å²) in [5.41, 5.74) is 0.0970. The fraction of sp³-hybridized carbons (Fsp3) is 0.235. The van der Waals surface area contributed by atoms with E-state index < -0.39 is 18.0 Å². The van der Waals surface area contributed by atoms with Crippen LogP contribution in [-0.2, 0) is 0 Å². The molecule has 0 heterocycles. The van der Waals surface area contributed by atoms with Crippen molar-refractivity contribution in [2.24, 2.45) is 0 Å². The molecule has 134 valence electrons. The van der Waals surface area contributed by atoms with Crippen LogP contribution >= 0.6 is 0 Å². The number of para-hydroxylation sites is 2. The summed E-state index contributed by atoms with van der Waals surface area (Å²) >= 11 is 0. The number of halogens is 3. The van der Waals surface area contributed by atoms with Crippen molar-refractivity contribution in [1.82, 2.24) is 0 Å². The summed E-state index contributed by atoms with van der Waals surface area (Å²) in [7, 11) is 1.42. The molecule has 0 atom stereocenters. The summed E-state index contributed by atoms with van der Waals surface area (Å²) < 4.78 is 51.7. The van der Waals surface area contributed by atoms with Gasteiger partial charge < -0.3 is 19.5 Å². The van der Waals surface area contributed by atoms with Crippen molar-refractivity contribution in [3.05, 3.63) is 48.0 Å². The van der Waals surface area contributed by atoms with E-state index in [0.717, 1.165) is 6.07 Å². The number of hydrogen-bond acceptors (Lipinski definition) is 4. The number of alkyl halides is 3. The number of amides is 1. The Hall–Kier alpha value is -2.90. The van der Waals surface area contributed by atoms with Gasteiger partial charge in [0.05, 0.1) is 19.4 Å². The summed E-state index contributed by atoms with van der Waals surface area (Å²) in [4.78, 5) is 12.3. The first-order chi connectivity index (χ1) is 11.8. The lowest BCUT2D eigenvalue weighted by molar-refractivity contribution is -0.274. The third-order valence-corrected chi connectivity index (χ3v) is 3.09. The molecule has 5 nitrogen and oxygen atoms in total. The van der Waals surface area contributed by atoms with E-state index >= 15 is 0 Å². The molecule has 8 heteroatoms.